The number of rotatable bonds is 2. The van der Waals surface area contributed by atoms with Crippen LogP contribution in [0.3, 0.4) is 0 Å². The Kier molecular flexibility index (Phi) is 3.34. The lowest BCUT2D eigenvalue weighted by Gasteiger charge is -2.17. The Balaban J connectivity index is 2.11. The second-order valence-electron chi connectivity index (χ2n) is 4.41. The number of imidazole rings is 1. The van der Waals surface area contributed by atoms with Crippen LogP contribution in [0.1, 0.15) is 6.23 Å². The van der Waals surface area contributed by atoms with Gasteiger partial charge in [-0.1, -0.05) is 0 Å². The minimum atomic E-state index is -1.22. The van der Waals surface area contributed by atoms with Crippen molar-refractivity contribution in [2.45, 2.75) is 24.5 Å². The van der Waals surface area contributed by atoms with Gasteiger partial charge in [-0.25, -0.2) is 15.0 Å². The molecule has 0 aromatic carbocycles. The van der Waals surface area contributed by atoms with E-state index in [0.29, 0.717) is 15.9 Å². The third-order valence-electron chi connectivity index (χ3n) is 3.23. The molecule has 20 heavy (non-hydrogen) atoms. The molecule has 0 amide bonds. The van der Waals surface area contributed by atoms with Crippen LogP contribution < -0.4 is 5.73 Å². The first-order valence-electron chi connectivity index (χ1n) is 5.81. The zero-order chi connectivity index (χ0) is 14.4. The van der Waals surface area contributed by atoms with Gasteiger partial charge in [-0.2, -0.15) is 0 Å². The molecule has 0 bridgehead atoms. The molecule has 108 valence electrons. The van der Waals surface area contributed by atoms with Gasteiger partial charge in [-0.3, -0.25) is 4.57 Å². The van der Waals surface area contributed by atoms with E-state index in [-0.39, 0.29) is 5.82 Å². The predicted molar refractivity (Wildman–Crippen MR) is 70.4 cm³/mol. The second kappa shape index (κ2) is 4.90. The highest BCUT2D eigenvalue weighted by atomic mass is 79.9. The normalized spacial score (nSPS) is 30.2. The standard InChI is InChI=1S/C10H12BrN5O4/c11-10-15-4-7(12)13-2-14-8(4)16(10)9-6(19)5(18)3(1-17)20-9/h2-3,5-6,9,17-19H,1H2,(H2,12,13,14)/t3-,5?,6+,9-/m1/s1. The van der Waals surface area contributed by atoms with Gasteiger partial charge < -0.3 is 25.8 Å². The highest BCUT2D eigenvalue weighted by Gasteiger charge is 2.44. The van der Waals surface area contributed by atoms with Crippen LogP contribution in [-0.4, -0.2) is 59.8 Å². The molecule has 0 spiro atoms. The Morgan fingerprint density at radius 1 is 1.35 bits per heavy atom. The van der Waals surface area contributed by atoms with Crippen molar-refractivity contribution in [1.29, 1.82) is 0 Å². The van der Waals surface area contributed by atoms with Gasteiger partial charge in [-0.15, -0.1) is 0 Å². The van der Waals surface area contributed by atoms with E-state index in [0.717, 1.165) is 0 Å². The molecule has 1 aliphatic rings. The maximum absolute atomic E-state index is 10.1. The van der Waals surface area contributed by atoms with Crippen LogP contribution in [0.5, 0.6) is 0 Å². The number of hydrogen-bond donors (Lipinski definition) is 4. The number of ether oxygens (including phenoxy) is 1. The third-order valence-corrected chi connectivity index (χ3v) is 3.79. The van der Waals surface area contributed by atoms with Crippen molar-refractivity contribution < 1.29 is 20.1 Å². The minimum absolute atomic E-state index is 0.196. The van der Waals surface area contributed by atoms with E-state index in [2.05, 4.69) is 30.9 Å². The summed E-state index contributed by atoms with van der Waals surface area (Å²) in [5.74, 6) is 0.196. The number of anilines is 1. The van der Waals surface area contributed by atoms with Gasteiger partial charge in [0, 0.05) is 0 Å². The van der Waals surface area contributed by atoms with Gasteiger partial charge in [0.1, 0.15) is 24.6 Å². The molecule has 1 unspecified atom stereocenters. The summed E-state index contributed by atoms with van der Waals surface area (Å²) in [7, 11) is 0. The fraction of sp³-hybridized carbons (Fsp3) is 0.500. The first-order chi connectivity index (χ1) is 9.54. The summed E-state index contributed by atoms with van der Waals surface area (Å²) < 4.78 is 7.23. The molecule has 0 saturated carbocycles. The van der Waals surface area contributed by atoms with Gasteiger partial charge in [0.05, 0.1) is 6.61 Å². The highest BCUT2D eigenvalue weighted by Crippen LogP contribution is 2.34. The Labute approximate surface area is 121 Å². The lowest BCUT2D eigenvalue weighted by atomic mass is 10.1. The van der Waals surface area contributed by atoms with Gasteiger partial charge >= 0.3 is 0 Å². The summed E-state index contributed by atoms with van der Waals surface area (Å²) >= 11 is 3.24. The van der Waals surface area contributed by atoms with Crippen molar-refractivity contribution in [3.63, 3.8) is 0 Å². The van der Waals surface area contributed by atoms with Gasteiger partial charge in [0.15, 0.2) is 27.9 Å². The summed E-state index contributed by atoms with van der Waals surface area (Å²) in [6.45, 7) is -0.407. The van der Waals surface area contributed by atoms with Crippen molar-refractivity contribution in [2.75, 3.05) is 12.3 Å². The summed E-state index contributed by atoms with van der Waals surface area (Å²) in [6, 6.07) is 0. The van der Waals surface area contributed by atoms with Gasteiger partial charge in [0.2, 0.25) is 0 Å². The Morgan fingerprint density at radius 2 is 2.10 bits per heavy atom. The quantitative estimate of drug-likeness (QED) is 0.496. The number of aliphatic hydroxyl groups excluding tert-OH is 3. The van der Waals surface area contributed by atoms with Crippen LogP contribution >= 0.6 is 15.9 Å². The number of fused-ring (bicyclic) bond motifs is 1. The van der Waals surface area contributed by atoms with Crippen molar-refractivity contribution in [1.82, 2.24) is 19.5 Å². The van der Waals surface area contributed by atoms with Crippen molar-refractivity contribution in [2.24, 2.45) is 0 Å². The summed E-state index contributed by atoms with van der Waals surface area (Å²) in [5.41, 5.74) is 6.43. The number of hydrogen-bond acceptors (Lipinski definition) is 8. The Morgan fingerprint density at radius 3 is 2.75 bits per heavy atom. The van der Waals surface area contributed by atoms with Crippen LogP contribution in [0.25, 0.3) is 11.2 Å². The van der Waals surface area contributed by atoms with E-state index in [1.165, 1.54) is 10.9 Å². The molecule has 1 fully saturated rings. The largest absolute Gasteiger partial charge is 0.394 e. The van der Waals surface area contributed by atoms with Gasteiger partial charge in [0.25, 0.3) is 0 Å². The number of aromatic nitrogens is 4. The SMILES string of the molecule is Nc1ncnc2c1nc(Br)n2[C@@H]1O[C@H](CO)C(O)[C@@H]1O. The summed E-state index contributed by atoms with van der Waals surface area (Å²) in [6.07, 6.45) is -2.97. The molecule has 5 N–H and O–H groups in total. The molecular weight excluding hydrogens is 334 g/mol. The Bertz CT molecular complexity index is 650. The average Bonchev–Trinajstić information content (AvgIpc) is 2.90. The molecule has 10 heteroatoms. The molecule has 9 nitrogen and oxygen atoms in total. The summed E-state index contributed by atoms with van der Waals surface area (Å²) in [4.78, 5) is 12.1. The maximum atomic E-state index is 10.1. The fourth-order valence-corrected chi connectivity index (χ4v) is 2.77. The van der Waals surface area contributed by atoms with Crippen LogP contribution in [0.2, 0.25) is 0 Å². The number of aliphatic hydroxyl groups is 3. The van der Waals surface area contributed by atoms with Crippen LogP contribution in [0.4, 0.5) is 5.82 Å². The van der Waals surface area contributed by atoms with E-state index in [4.69, 9.17) is 15.6 Å². The number of halogens is 1. The monoisotopic (exact) mass is 345 g/mol. The smallest absolute Gasteiger partial charge is 0.181 e. The van der Waals surface area contributed by atoms with Crippen LogP contribution in [-0.2, 0) is 4.74 Å². The van der Waals surface area contributed by atoms with E-state index < -0.39 is 31.1 Å². The first kappa shape index (κ1) is 13.6. The lowest BCUT2D eigenvalue weighted by molar-refractivity contribution is -0.0521. The first-order valence-corrected chi connectivity index (χ1v) is 6.60. The van der Waals surface area contributed by atoms with Crippen molar-refractivity contribution in [3.05, 3.63) is 11.1 Å². The fourth-order valence-electron chi connectivity index (χ4n) is 2.22. The van der Waals surface area contributed by atoms with Crippen LogP contribution in [0.15, 0.2) is 11.1 Å². The minimum Gasteiger partial charge on any atom is -0.394 e. The number of nitrogens with two attached hydrogens (primary N) is 1. The highest BCUT2D eigenvalue weighted by molar-refractivity contribution is 9.10. The molecule has 2 aromatic heterocycles. The molecule has 0 radical (unpaired) electrons. The van der Waals surface area contributed by atoms with Crippen molar-refractivity contribution >= 4 is 32.9 Å². The zero-order valence-electron chi connectivity index (χ0n) is 10.1. The van der Waals surface area contributed by atoms with E-state index in [9.17, 15) is 10.2 Å². The molecule has 0 aliphatic carbocycles. The molecule has 1 saturated heterocycles. The average molecular weight is 346 g/mol. The van der Waals surface area contributed by atoms with Crippen molar-refractivity contribution in [3.8, 4) is 0 Å². The molecule has 3 rings (SSSR count). The van der Waals surface area contributed by atoms with E-state index in [1.54, 1.807) is 0 Å². The Hall–Kier alpha value is -1.33. The third kappa shape index (κ3) is 1.88. The molecule has 3 heterocycles. The molecule has 1 aliphatic heterocycles. The summed E-state index contributed by atoms with van der Waals surface area (Å²) in [5, 5.41) is 29.0. The second-order valence-corrected chi connectivity index (χ2v) is 5.12. The molecule has 4 atom stereocenters. The lowest BCUT2D eigenvalue weighted by Crippen LogP contribution is -2.33. The topological polar surface area (TPSA) is 140 Å². The number of nitrogen functional groups attached to an aromatic ring is 1. The van der Waals surface area contributed by atoms with E-state index in [1.807, 2.05) is 0 Å². The zero-order valence-corrected chi connectivity index (χ0v) is 11.7. The predicted octanol–water partition coefficient (Wildman–Crippen LogP) is -1.22. The van der Waals surface area contributed by atoms with Crippen LogP contribution in [0, 0.1) is 0 Å². The maximum Gasteiger partial charge on any atom is 0.181 e. The number of nitrogens with zero attached hydrogens (tertiary/aromatic N) is 4. The molecular formula is C10H12BrN5O4. The van der Waals surface area contributed by atoms with E-state index >= 15 is 0 Å². The molecule has 2 aromatic rings. The van der Waals surface area contributed by atoms with Gasteiger partial charge in [-0.05, 0) is 15.9 Å².